The maximum atomic E-state index is 14.4. The molecule has 2 aromatic carbocycles. The Morgan fingerprint density at radius 2 is 0.932 bits per heavy atom. The van der Waals surface area contributed by atoms with E-state index in [9.17, 15) is 58.8 Å². The van der Waals surface area contributed by atoms with Gasteiger partial charge in [-0.15, -0.1) is 0 Å². The SMILES string of the molecule is CC(C)C[C@H](N)C(=O)N[C@@H](CO)C(=O)N[C@H](C(=O)N[C@@H](CCCN=C(N)N)C(=O)N[C@H](C(=O)N[C@@H](Cc1ccc(O)cc1)C(=O)N[C@@H](Cc1ccc(O)cc1)C(=O)N[C@@H](CCCCN)C(=O)O)C(C)C)C(C)C. The lowest BCUT2D eigenvalue weighted by atomic mass is 9.99. The Kier molecular flexibility index (Phi) is 26.7. The van der Waals surface area contributed by atoms with Crippen molar-refractivity contribution in [1.29, 1.82) is 0 Å². The summed E-state index contributed by atoms with van der Waals surface area (Å²) >= 11 is 0. The van der Waals surface area contributed by atoms with E-state index in [2.05, 4.69) is 42.2 Å². The van der Waals surface area contributed by atoms with Gasteiger partial charge in [-0.25, -0.2) is 4.79 Å². The number of rotatable bonds is 32. The van der Waals surface area contributed by atoms with Gasteiger partial charge in [0.2, 0.25) is 41.4 Å². The van der Waals surface area contributed by atoms with Crippen molar-refractivity contribution in [1.82, 2.24) is 37.2 Å². The Hall–Kier alpha value is -7.05. The number of nitrogens with zero attached hydrogens (tertiary/aromatic N) is 1. The van der Waals surface area contributed by atoms with Crippen LogP contribution >= 0.6 is 0 Å². The highest BCUT2D eigenvalue weighted by atomic mass is 16.4. The second kappa shape index (κ2) is 31.4. The molecular formula is C49H78N12O12. The van der Waals surface area contributed by atoms with Crippen molar-refractivity contribution in [2.75, 3.05) is 19.7 Å². The van der Waals surface area contributed by atoms with Gasteiger partial charge in [-0.05, 0) is 98.2 Å². The third-order valence-electron chi connectivity index (χ3n) is 11.5. The van der Waals surface area contributed by atoms with Gasteiger partial charge in [0.1, 0.15) is 53.8 Å². The predicted molar refractivity (Wildman–Crippen MR) is 272 cm³/mol. The summed E-state index contributed by atoms with van der Waals surface area (Å²) in [5.41, 5.74) is 23.5. The Morgan fingerprint density at radius 3 is 1.34 bits per heavy atom. The minimum absolute atomic E-state index is 0.0440. The van der Waals surface area contributed by atoms with E-state index in [1.807, 2.05) is 13.8 Å². The highest BCUT2D eigenvalue weighted by molar-refractivity contribution is 5.98. The number of carboxylic acids is 1. The molecule has 19 N–H and O–H groups in total. The molecule has 24 nitrogen and oxygen atoms in total. The zero-order valence-electron chi connectivity index (χ0n) is 42.6. The molecule has 0 bridgehead atoms. The van der Waals surface area contributed by atoms with Gasteiger partial charge in [-0.2, -0.15) is 0 Å². The maximum absolute atomic E-state index is 14.4. The number of aliphatic carboxylic acids is 1. The molecule has 2 aromatic rings. The summed E-state index contributed by atoms with van der Waals surface area (Å²) in [5, 5.41) is 57.9. The van der Waals surface area contributed by atoms with Crippen LogP contribution in [-0.2, 0) is 51.2 Å². The summed E-state index contributed by atoms with van der Waals surface area (Å²) in [7, 11) is 0. The summed E-state index contributed by atoms with van der Waals surface area (Å²) < 4.78 is 0. The molecule has 8 atom stereocenters. The van der Waals surface area contributed by atoms with E-state index in [4.69, 9.17) is 22.9 Å². The third-order valence-corrected chi connectivity index (χ3v) is 11.5. The topological polar surface area (TPSA) is 418 Å². The molecule has 24 heteroatoms. The van der Waals surface area contributed by atoms with Crippen molar-refractivity contribution >= 4 is 53.3 Å². The molecule has 406 valence electrons. The van der Waals surface area contributed by atoms with Gasteiger partial charge in [0.15, 0.2) is 5.96 Å². The number of unbranched alkanes of at least 4 members (excludes halogenated alkanes) is 1. The van der Waals surface area contributed by atoms with Crippen molar-refractivity contribution in [3.8, 4) is 11.5 Å². The summed E-state index contributed by atoms with van der Waals surface area (Å²) in [4.78, 5) is 113. The Balaban J connectivity index is 2.49. The number of phenolic OH excluding ortho intramolecular Hbond substituents is 2. The van der Waals surface area contributed by atoms with Crippen molar-refractivity contribution in [3.63, 3.8) is 0 Å². The first-order chi connectivity index (χ1) is 34.4. The molecule has 0 aliphatic heterocycles. The van der Waals surface area contributed by atoms with E-state index in [1.165, 1.54) is 48.5 Å². The van der Waals surface area contributed by atoms with Crippen LogP contribution in [0.2, 0.25) is 0 Å². The van der Waals surface area contributed by atoms with Gasteiger partial charge in [0.25, 0.3) is 0 Å². The molecule has 7 amide bonds. The number of aliphatic imine (C=N–C) groups is 1. The Labute approximate surface area is 426 Å². The highest BCUT2D eigenvalue weighted by Gasteiger charge is 2.36. The number of nitrogens with one attached hydrogen (secondary N) is 7. The number of aromatic hydroxyl groups is 2. The van der Waals surface area contributed by atoms with Gasteiger partial charge in [0.05, 0.1) is 12.6 Å². The Morgan fingerprint density at radius 1 is 0.534 bits per heavy atom. The number of carbonyl (C=O) groups excluding carboxylic acids is 7. The monoisotopic (exact) mass is 1030 g/mol. The van der Waals surface area contributed by atoms with Crippen LogP contribution in [-0.4, -0.2) is 142 Å². The largest absolute Gasteiger partial charge is 0.508 e. The smallest absolute Gasteiger partial charge is 0.326 e. The van der Waals surface area contributed by atoms with Crippen molar-refractivity contribution in [2.45, 2.75) is 141 Å². The van der Waals surface area contributed by atoms with Gasteiger partial charge < -0.3 is 80.6 Å². The standard InChI is InChI=1S/C49H78N12O12/c1-26(2)22-33(51)41(65)59-38(25-62)45(69)61-39(27(3)4)46(70)55-34(11-9-21-54-49(52)53)42(66)60-40(28(5)6)47(71)58-37(24-30-14-18-32(64)19-15-30)44(68)57-36(23-29-12-16-31(63)17-13-29)43(67)56-35(48(72)73)10-7-8-20-50/h12-19,26-28,33-40,62-64H,7-11,20-25,50-51H2,1-6H3,(H,55,70)(H,56,67)(H,57,68)(H,58,71)(H,59,65)(H,60,66)(H,61,69)(H,72,73)(H4,52,53,54)/t33-,34-,35-,36-,37-,38-,39-,40-/m0/s1. The van der Waals surface area contributed by atoms with Gasteiger partial charge in [-0.3, -0.25) is 38.6 Å². The number of aliphatic hydroxyl groups excluding tert-OH is 1. The summed E-state index contributed by atoms with van der Waals surface area (Å²) in [5.74, 6) is -8.67. The minimum atomic E-state index is -1.47. The fourth-order valence-corrected chi connectivity index (χ4v) is 7.41. The van der Waals surface area contributed by atoms with Crippen LogP contribution in [0.3, 0.4) is 0 Å². The van der Waals surface area contributed by atoms with Crippen LogP contribution < -0.4 is 60.2 Å². The van der Waals surface area contributed by atoms with E-state index in [-0.39, 0.29) is 62.0 Å². The fourth-order valence-electron chi connectivity index (χ4n) is 7.41. The average Bonchev–Trinajstić information content (AvgIpc) is 3.32. The number of carboxylic acid groups (broad SMARTS) is 1. The normalized spacial score (nSPS) is 14.5. The molecule has 0 aromatic heterocycles. The summed E-state index contributed by atoms with van der Waals surface area (Å²) in [6.07, 6.45) is 0.966. The van der Waals surface area contributed by atoms with Crippen LogP contribution in [0.4, 0.5) is 0 Å². The van der Waals surface area contributed by atoms with E-state index in [0.717, 1.165) is 0 Å². The van der Waals surface area contributed by atoms with Crippen molar-refractivity contribution < 1.29 is 58.8 Å². The molecule has 0 fully saturated rings. The van der Waals surface area contributed by atoms with Gasteiger partial charge >= 0.3 is 5.97 Å². The molecule has 0 spiro atoms. The summed E-state index contributed by atoms with van der Waals surface area (Å²) in [6, 6.07) is 0.882. The third kappa shape index (κ3) is 22.5. The zero-order chi connectivity index (χ0) is 54.9. The first kappa shape index (κ1) is 62.1. The maximum Gasteiger partial charge on any atom is 0.326 e. The lowest BCUT2D eigenvalue weighted by molar-refractivity contribution is -0.142. The summed E-state index contributed by atoms with van der Waals surface area (Å²) in [6.45, 7) is 9.72. The number of hydrogen-bond acceptors (Lipinski definition) is 14. The van der Waals surface area contributed by atoms with E-state index >= 15 is 0 Å². The number of guanidine groups is 1. The quantitative estimate of drug-likeness (QED) is 0.0219. The number of aliphatic hydroxyl groups is 1. The molecule has 0 aliphatic carbocycles. The van der Waals surface area contributed by atoms with E-state index in [1.54, 1.807) is 27.7 Å². The number of carbonyl (C=O) groups is 8. The molecule has 0 radical (unpaired) electrons. The van der Waals surface area contributed by atoms with Gasteiger partial charge in [-0.1, -0.05) is 65.8 Å². The molecular weight excluding hydrogens is 949 g/mol. The molecule has 0 heterocycles. The predicted octanol–water partition coefficient (Wildman–Crippen LogP) is -1.78. The fraction of sp³-hybridized carbons (Fsp3) is 0.571. The lowest BCUT2D eigenvalue weighted by Crippen LogP contribution is -2.62. The first-order valence-corrected chi connectivity index (χ1v) is 24.4. The number of hydrogen-bond donors (Lipinski definition) is 15. The number of nitrogens with two attached hydrogens (primary N) is 4. The molecule has 0 saturated carbocycles. The number of phenols is 2. The average molecular weight is 1030 g/mol. The van der Waals surface area contributed by atoms with Crippen LogP contribution in [0.1, 0.15) is 91.2 Å². The van der Waals surface area contributed by atoms with Crippen molar-refractivity contribution in [3.05, 3.63) is 59.7 Å². The van der Waals surface area contributed by atoms with Gasteiger partial charge in [0, 0.05) is 19.4 Å². The number of amides is 7. The highest BCUT2D eigenvalue weighted by Crippen LogP contribution is 2.16. The molecule has 73 heavy (non-hydrogen) atoms. The van der Waals surface area contributed by atoms with Crippen molar-refractivity contribution in [2.24, 2.45) is 45.7 Å². The lowest BCUT2D eigenvalue weighted by Gasteiger charge is -2.30. The van der Waals surface area contributed by atoms with Crippen LogP contribution in [0.15, 0.2) is 53.5 Å². The number of benzene rings is 2. The van der Waals surface area contributed by atoms with Crippen LogP contribution in [0.25, 0.3) is 0 Å². The second-order valence-corrected chi connectivity index (χ2v) is 19.0. The zero-order valence-corrected chi connectivity index (χ0v) is 42.6. The van der Waals surface area contributed by atoms with E-state index in [0.29, 0.717) is 36.9 Å². The second-order valence-electron chi connectivity index (χ2n) is 19.0. The molecule has 2 rings (SSSR count). The van der Waals surface area contributed by atoms with Crippen LogP contribution in [0.5, 0.6) is 11.5 Å². The van der Waals surface area contributed by atoms with Crippen LogP contribution in [0, 0.1) is 17.8 Å². The Bertz CT molecular complexity index is 2150. The molecule has 0 saturated heterocycles. The first-order valence-electron chi connectivity index (χ1n) is 24.4. The molecule has 0 unspecified atom stereocenters. The molecule has 0 aliphatic rings. The van der Waals surface area contributed by atoms with E-state index < -0.39 is 114 Å². The minimum Gasteiger partial charge on any atom is -0.508 e.